The highest BCUT2D eigenvalue weighted by Crippen LogP contribution is 2.26. The molecule has 2 heterocycles. The van der Waals surface area contributed by atoms with Gasteiger partial charge in [0.1, 0.15) is 78.5 Å². The maximum Gasteiger partial charge on any atom is 0.326 e. The van der Waals surface area contributed by atoms with Crippen LogP contribution in [-0.4, -0.2) is 249 Å². The molecule has 2 aliphatic heterocycles. The van der Waals surface area contributed by atoms with Gasteiger partial charge in [-0.05, 0) is 110 Å². The summed E-state index contributed by atoms with van der Waals surface area (Å²) in [5, 5.41) is 60.1. The summed E-state index contributed by atoms with van der Waals surface area (Å²) < 4.78 is 0. The predicted molar refractivity (Wildman–Crippen MR) is 368 cm³/mol. The lowest BCUT2D eigenvalue weighted by atomic mass is 9.97. The second kappa shape index (κ2) is 42.6. The summed E-state index contributed by atoms with van der Waals surface area (Å²) in [4.78, 5) is 208. The summed E-state index contributed by atoms with van der Waals surface area (Å²) in [5.41, 5.74) is 16.6. The first-order valence-corrected chi connectivity index (χ1v) is 34.5. The highest BCUT2D eigenvalue weighted by atomic mass is 32.1. The van der Waals surface area contributed by atoms with Gasteiger partial charge in [0.2, 0.25) is 82.7 Å². The monoisotopic (exact) mass is 1440 g/mol. The molecule has 2 aliphatic rings. The fraction of sp³-hybridized carbons (Fsp3) is 0.746. The number of aliphatic imine (C=N–C) groups is 1. The number of hydrogen-bond acceptors (Lipinski definition) is 20. The van der Waals surface area contributed by atoms with Crippen LogP contribution in [0.4, 0.5) is 0 Å². The lowest BCUT2D eigenvalue weighted by Crippen LogP contribution is -2.61. The van der Waals surface area contributed by atoms with E-state index in [1.54, 1.807) is 27.7 Å². The Kier molecular flexibility index (Phi) is 37.3. The number of nitrogens with zero attached hydrogens (tertiary/aromatic N) is 3. The number of aliphatic hydroxyl groups excluding tert-OH is 2. The van der Waals surface area contributed by atoms with Crippen molar-refractivity contribution in [2.45, 2.75) is 238 Å². The van der Waals surface area contributed by atoms with Crippen LogP contribution in [0.3, 0.4) is 0 Å². The van der Waals surface area contributed by atoms with E-state index in [4.69, 9.17) is 17.2 Å². The molecule has 0 bridgehead atoms. The average molecular weight is 1440 g/mol. The quantitative estimate of drug-likeness (QED) is 0.0117. The van der Waals surface area contributed by atoms with E-state index in [-0.39, 0.29) is 75.3 Å². The molecule has 0 aromatic carbocycles. The molecule has 14 amide bonds. The fourth-order valence-corrected chi connectivity index (χ4v) is 11.1. The van der Waals surface area contributed by atoms with Gasteiger partial charge in [0, 0.05) is 25.4 Å². The van der Waals surface area contributed by atoms with E-state index >= 15 is 0 Å². The van der Waals surface area contributed by atoms with Gasteiger partial charge in [0.05, 0.1) is 25.3 Å². The minimum absolute atomic E-state index is 0.0116. The van der Waals surface area contributed by atoms with Crippen molar-refractivity contribution in [3.05, 3.63) is 0 Å². The zero-order valence-corrected chi connectivity index (χ0v) is 60.5. The van der Waals surface area contributed by atoms with Crippen LogP contribution < -0.4 is 81.0 Å². The van der Waals surface area contributed by atoms with E-state index in [0.29, 0.717) is 25.7 Å². The zero-order valence-electron chi connectivity index (χ0n) is 59.6. The number of carboxylic acids is 1. The normalized spacial score (nSPS) is 18.6. The van der Waals surface area contributed by atoms with E-state index in [2.05, 4.69) is 81.4 Å². The van der Waals surface area contributed by atoms with Gasteiger partial charge in [-0.2, -0.15) is 12.6 Å². The average Bonchev–Trinajstić information content (AvgIpc) is 1.64. The molecule has 16 atom stereocenters. The summed E-state index contributed by atoms with van der Waals surface area (Å²) in [7, 11) is 0. The molecule has 0 aliphatic carbocycles. The van der Waals surface area contributed by atoms with Crippen LogP contribution in [0.5, 0.6) is 0 Å². The van der Waals surface area contributed by atoms with Gasteiger partial charge in [-0.25, -0.2) is 4.79 Å². The third-order valence-electron chi connectivity index (χ3n) is 16.7. The van der Waals surface area contributed by atoms with Gasteiger partial charge in [0.15, 0.2) is 5.96 Å². The van der Waals surface area contributed by atoms with Crippen LogP contribution in [0.2, 0.25) is 0 Å². The van der Waals surface area contributed by atoms with E-state index in [9.17, 15) is 87.2 Å². The molecule has 566 valence electrons. The SMILES string of the molecule is CC[C@H](C)[C@H](NC(=O)[C@H](C)N)C(=O)N[C@H](C(=O)N[C@@H](CS)C(=O)NCC(=O)N[C@@H](CCCN=C(N)N)C(=O)N[C@H](C(=O)N[C@@H](CO)C(=O)N[C@@H](C)C(=O)N[C@@H](C)C(=O)N[C@@H](CC(C)C)C(=O)N[C@@H](C)C(=O)N1CCC[C@H]1C(=O)N1CCC[C@H]1C(=O)N[C@@H](CC(C)C)C(=O)O)C(C)C)[C@@H](C)O. The van der Waals surface area contributed by atoms with Gasteiger partial charge in [-0.15, -0.1) is 0 Å². The van der Waals surface area contributed by atoms with E-state index in [0.717, 1.165) is 0 Å². The van der Waals surface area contributed by atoms with Crippen molar-refractivity contribution in [1.82, 2.24) is 73.6 Å². The molecule has 2 saturated heterocycles. The molecule has 0 unspecified atom stereocenters. The lowest BCUT2D eigenvalue weighted by Gasteiger charge is -2.33. The standard InChI is InChI=1S/C63H110N18O18S/c1-14-32(8)47(78-49(85)33(9)64)58(94)79-48(37(13)83)59(95)76-42(28-100)52(88)68-26-45(84)72-38(18-15-21-67-63(65)66)53(89)77-46(31(6)7)57(93)75-41(27-82)55(91)70-34(10)50(86)69-35(11)51(87)73-39(24-29(2)3)54(90)71-36(12)60(96)81-23-17-20-44(81)61(97)80-22-16-19-43(80)56(92)74-40(62(98)99)25-30(4)5/h29-44,46-48,82-83,100H,14-28,64H2,1-13H3,(H,68,88)(H,69,86)(H,70,91)(H,71,90)(H,72,84)(H,73,87)(H,74,92)(H,75,93)(H,76,95)(H,77,89)(H,78,85)(H,79,94)(H,98,99)(H4,65,66,67)/t32-,33-,34-,35-,36-,37+,38-,39-,40-,41-,42-,43-,44-,46-,47-,48-/m0/s1. The number of aliphatic hydroxyl groups is 2. The Bertz CT molecular complexity index is 2900. The van der Waals surface area contributed by atoms with Crippen LogP contribution in [0, 0.1) is 23.7 Å². The molecule has 2 fully saturated rings. The molecule has 0 aromatic rings. The topological polar surface area (TPSA) is 558 Å². The van der Waals surface area contributed by atoms with Crippen molar-refractivity contribution in [3.8, 4) is 0 Å². The van der Waals surface area contributed by atoms with Crippen molar-refractivity contribution in [2.75, 3.05) is 38.5 Å². The largest absolute Gasteiger partial charge is 0.480 e. The van der Waals surface area contributed by atoms with Gasteiger partial charge in [-0.3, -0.25) is 72.1 Å². The van der Waals surface area contributed by atoms with Crippen molar-refractivity contribution in [3.63, 3.8) is 0 Å². The summed E-state index contributed by atoms with van der Waals surface area (Å²) in [5.74, 6) is -14.7. The first-order valence-electron chi connectivity index (χ1n) is 33.9. The smallest absolute Gasteiger partial charge is 0.326 e. The van der Waals surface area contributed by atoms with Gasteiger partial charge >= 0.3 is 5.97 Å². The molecule has 36 nitrogen and oxygen atoms in total. The summed E-state index contributed by atoms with van der Waals surface area (Å²) in [6.07, 6.45) is 0.637. The second-order valence-corrected chi connectivity index (χ2v) is 27.0. The van der Waals surface area contributed by atoms with Crippen LogP contribution in [0.1, 0.15) is 148 Å². The van der Waals surface area contributed by atoms with Gasteiger partial charge < -0.3 is 106 Å². The molecule has 0 saturated carbocycles. The second-order valence-electron chi connectivity index (χ2n) is 26.7. The highest BCUT2D eigenvalue weighted by Gasteiger charge is 2.45. The Labute approximate surface area is 588 Å². The number of carboxylic acid groups (broad SMARTS) is 1. The van der Waals surface area contributed by atoms with Crippen LogP contribution >= 0.6 is 12.6 Å². The van der Waals surface area contributed by atoms with Crippen LogP contribution in [-0.2, 0) is 71.9 Å². The Balaban J connectivity index is 2.12. The minimum Gasteiger partial charge on any atom is -0.480 e. The molecule has 0 radical (unpaired) electrons. The number of amides is 14. The van der Waals surface area contributed by atoms with Crippen molar-refractivity contribution >= 4 is 107 Å². The maximum atomic E-state index is 14.0. The number of nitrogens with two attached hydrogens (primary N) is 3. The first kappa shape index (κ1) is 87.6. The fourth-order valence-electron chi connectivity index (χ4n) is 10.8. The number of nitrogens with one attached hydrogen (secondary N) is 12. The first-order chi connectivity index (χ1) is 46.7. The molecule has 0 aromatic heterocycles. The third-order valence-corrected chi connectivity index (χ3v) is 17.1. The Morgan fingerprint density at radius 1 is 0.530 bits per heavy atom. The number of thiol groups is 1. The minimum atomic E-state index is -1.73. The van der Waals surface area contributed by atoms with Crippen LogP contribution in [0.25, 0.3) is 0 Å². The third kappa shape index (κ3) is 28.3. The highest BCUT2D eigenvalue weighted by molar-refractivity contribution is 7.80. The van der Waals surface area contributed by atoms with Crippen molar-refractivity contribution in [2.24, 2.45) is 45.9 Å². The number of likely N-dealkylation sites (tertiary alicyclic amines) is 2. The zero-order chi connectivity index (χ0) is 76.2. The van der Waals surface area contributed by atoms with Gasteiger partial charge in [-0.1, -0.05) is 61.8 Å². The molecule has 21 N–H and O–H groups in total. The Hall–Kier alpha value is -8.45. The number of carbonyl (C=O) groups is 15. The van der Waals surface area contributed by atoms with E-state index in [1.165, 1.54) is 58.3 Å². The number of guanidine groups is 1. The van der Waals surface area contributed by atoms with E-state index < -0.39 is 204 Å². The molecule has 100 heavy (non-hydrogen) atoms. The lowest BCUT2D eigenvalue weighted by molar-refractivity contribution is -0.148. The van der Waals surface area contributed by atoms with Crippen molar-refractivity contribution in [1.29, 1.82) is 0 Å². The maximum absolute atomic E-state index is 14.0. The molecule has 37 heteroatoms. The van der Waals surface area contributed by atoms with Crippen LogP contribution in [0.15, 0.2) is 4.99 Å². The number of aliphatic carboxylic acids is 1. The number of hydrogen-bond donors (Lipinski definition) is 19. The summed E-state index contributed by atoms with van der Waals surface area (Å²) >= 11 is 4.14. The summed E-state index contributed by atoms with van der Waals surface area (Å²) in [6.45, 7) is 18.9. The molecule has 2 rings (SSSR count). The molecular weight excluding hydrogens is 1330 g/mol. The van der Waals surface area contributed by atoms with Gasteiger partial charge in [0.25, 0.3) is 0 Å². The molecular formula is C63H110N18O18S. The Morgan fingerprint density at radius 2 is 1.01 bits per heavy atom. The summed E-state index contributed by atoms with van der Waals surface area (Å²) in [6, 6.07) is -18.0. The van der Waals surface area contributed by atoms with Crippen molar-refractivity contribution < 1.29 is 87.2 Å². The Morgan fingerprint density at radius 3 is 1.54 bits per heavy atom. The number of carbonyl (C=O) groups excluding carboxylic acids is 14. The number of rotatable bonds is 41. The van der Waals surface area contributed by atoms with E-state index in [1.807, 2.05) is 13.8 Å². The molecule has 0 spiro atoms. The predicted octanol–water partition coefficient (Wildman–Crippen LogP) is -5.94.